The summed E-state index contributed by atoms with van der Waals surface area (Å²) >= 11 is 0. The third-order valence-corrected chi connectivity index (χ3v) is 6.15. The van der Waals surface area contributed by atoms with E-state index in [0.29, 0.717) is 36.5 Å². The zero-order valence-corrected chi connectivity index (χ0v) is 16.6. The van der Waals surface area contributed by atoms with Gasteiger partial charge in [-0.25, -0.2) is 4.39 Å². The highest BCUT2D eigenvalue weighted by Crippen LogP contribution is 2.58. The van der Waals surface area contributed by atoms with Crippen molar-refractivity contribution < 1.29 is 9.18 Å². The molecule has 2 aliphatic rings. The number of aryl methyl sites for hydroxylation is 1. The smallest absolute Gasteiger partial charge is 0.274 e. The molecule has 1 aliphatic heterocycles. The maximum Gasteiger partial charge on any atom is 0.274 e. The zero-order chi connectivity index (χ0) is 20.3. The van der Waals surface area contributed by atoms with E-state index in [-0.39, 0.29) is 17.6 Å². The van der Waals surface area contributed by atoms with Crippen molar-refractivity contribution in [3.63, 3.8) is 0 Å². The summed E-state index contributed by atoms with van der Waals surface area (Å²) in [5.74, 6) is 2.74. The lowest BCUT2D eigenvalue weighted by molar-refractivity contribution is 0.0766. The van der Waals surface area contributed by atoms with E-state index in [1.165, 1.54) is 12.1 Å². The van der Waals surface area contributed by atoms with Crippen LogP contribution in [0.2, 0.25) is 0 Å². The Morgan fingerprint density at radius 1 is 1.17 bits per heavy atom. The van der Waals surface area contributed by atoms with Crippen LogP contribution in [-0.2, 0) is 0 Å². The van der Waals surface area contributed by atoms with E-state index < -0.39 is 0 Å². The Bertz CT molecular complexity index is 1060. The molecule has 7 nitrogen and oxygen atoms in total. The van der Waals surface area contributed by atoms with Crippen molar-refractivity contribution >= 4 is 5.91 Å². The molecule has 1 unspecified atom stereocenters. The molecule has 150 valence electrons. The molecule has 0 bridgehead atoms. The van der Waals surface area contributed by atoms with Crippen molar-refractivity contribution in [1.29, 1.82) is 0 Å². The van der Waals surface area contributed by atoms with E-state index in [1.807, 2.05) is 22.5 Å². The van der Waals surface area contributed by atoms with Crippen LogP contribution in [0.15, 0.2) is 30.3 Å². The number of carbonyl (C=O) groups excluding carboxylic acids is 1. The van der Waals surface area contributed by atoms with Gasteiger partial charge in [0.2, 0.25) is 0 Å². The minimum atomic E-state index is -0.266. The van der Waals surface area contributed by atoms with Gasteiger partial charge in [-0.15, -0.1) is 10.2 Å². The number of benzene rings is 1. The number of aromatic nitrogens is 5. The molecule has 1 aliphatic carbocycles. The van der Waals surface area contributed by atoms with Crippen LogP contribution in [0.1, 0.15) is 53.5 Å². The van der Waals surface area contributed by atoms with E-state index in [0.717, 1.165) is 23.0 Å². The van der Waals surface area contributed by atoms with E-state index in [4.69, 9.17) is 0 Å². The van der Waals surface area contributed by atoms with Gasteiger partial charge in [0, 0.05) is 30.4 Å². The Hall–Kier alpha value is -3.03. The van der Waals surface area contributed by atoms with Gasteiger partial charge >= 0.3 is 0 Å². The molecule has 1 amide bonds. The molecule has 2 aromatic heterocycles. The molecule has 5 rings (SSSR count). The summed E-state index contributed by atoms with van der Waals surface area (Å²) in [5.41, 5.74) is 2.31. The molecule has 0 radical (unpaired) electrons. The van der Waals surface area contributed by atoms with Gasteiger partial charge in [0.25, 0.3) is 5.91 Å². The molecular weight excluding hydrogens is 371 g/mol. The molecule has 1 N–H and O–H groups in total. The number of rotatable bonds is 4. The van der Waals surface area contributed by atoms with Crippen molar-refractivity contribution in [1.82, 2.24) is 29.9 Å². The molecule has 1 saturated carbocycles. The van der Waals surface area contributed by atoms with Crippen molar-refractivity contribution in [3.8, 4) is 5.69 Å². The molecular formula is C21H23FN6O. The Labute approximate surface area is 167 Å². The highest BCUT2D eigenvalue weighted by atomic mass is 19.1. The molecule has 8 heteroatoms. The molecule has 1 aromatic carbocycles. The zero-order valence-electron chi connectivity index (χ0n) is 16.6. The Morgan fingerprint density at radius 2 is 1.86 bits per heavy atom. The van der Waals surface area contributed by atoms with Crippen LogP contribution < -0.4 is 0 Å². The number of hydrogen-bond donors (Lipinski definition) is 1. The third-order valence-electron chi connectivity index (χ3n) is 6.15. The lowest BCUT2D eigenvalue weighted by atomic mass is 10.1. The number of aromatic amines is 1. The van der Waals surface area contributed by atoms with Crippen LogP contribution in [0.25, 0.3) is 5.69 Å². The highest BCUT2D eigenvalue weighted by molar-refractivity contribution is 5.92. The summed E-state index contributed by atoms with van der Waals surface area (Å²) in [6.45, 7) is 7.44. The minimum Gasteiger partial charge on any atom is -0.337 e. The predicted octanol–water partition coefficient (Wildman–Crippen LogP) is 3.05. The second-order valence-electron chi connectivity index (χ2n) is 8.34. The van der Waals surface area contributed by atoms with Gasteiger partial charge in [-0.2, -0.15) is 5.10 Å². The summed E-state index contributed by atoms with van der Waals surface area (Å²) in [6.07, 6.45) is 0. The number of carbonyl (C=O) groups is 1. The van der Waals surface area contributed by atoms with Crippen LogP contribution in [-0.4, -0.2) is 48.9 Å². The number of piperidine rings is 1. The first-order valence-corrected chi connectivity index (χ1v) is 9.96. The minimum absolute atomic E-state index is 0.0183. The van der Waals surface area contributed by atoms with Crippen LogP contribution in [0.5, 0.6) is 0 Å². The van der Waals surface area contributed by atoms with E-state index >= 15 is 0 Å². The Balaban J connectivity index is 1.32. The second kappa shape index (κ2) is 6.50. The number of likely N-dealkylation sites (tertiary alicyclic amines) is 1. The average molecular weight is 394 g/mol. The molecule has 3 aromatic rings. The third kappa shape index (κ3) is 2.94. The Morgan fingerprint density at radius 3 is 2.48 bits per heavy atom. The second-order valence-corrected chi connectivity index (χ2v) is 8.34. The van der Waals surface area contributed by atoms with E-state index in [2.05, 4.69) is 34.2 Å². The standard InChI is InChI=1S/C21H23FN6O/c1-11(2)17-8-18(25-24-17)21(29)27-9-15-16(10-27)19(15)20-26-23-12(3)28(20)14-6-4-13(22)5-7-14/h4-8,11,15-16,19H,9-10H2,1-3H3,(H,24,25)/t15-,16+,19?. The molecule has 29 heavy (non-hydrogen) atoms. The van der Waals surface area contributed by atoms with Gasteiger partial charge in [0.1, 0.15) is 23.2 Å². The van der Waals surface area contributed by atoms with Crippen molar-refractivity contribution in [2.75, 3.05) is 13.1 Å². The topological polar surface area (TPSA) is 79.7 Å². The molecule has 3 heterocycles. The van der Waals surface area contributed by atoms with Gasteiger partial charge in [-0.1, -0.05) is 13.8 Å². The van der Waals surface area contributed by atoms with Gasteiger partial charge in [-0.05, 0) is 55.0 Å². The van der Waals surface area contributed by atoms with Crippen LogP contribution in [0.4, 0.5) is 4.39 Å². The summed E-state index contributed by atoms with van der Waals surface area (Å²) in [7, 11) is 0. The van der Waals surface area contributed by atoms with Crippen LogP contribution in [0.3, 0.4) is 0 Å². The fourth-order valence-corrected chi connectivity index (χ4v) is 4.48. The number of hydrogen-bond acceptors (Lipinski definition) is 4. The fourth-order valence-electron chi connectivity index (χ4n) is 4.48. The summed E-state index contributed by atoms with van der Waals surface area (Å²) in [6, 6.07) is 8.23. The maximum atomic E-state index is 13.3. The lowest BCUT2D eigenvalue weighted by Gasteiger charge is -2.19. The monoisotopic (exact) mass is 394 g/mol. The van der Waals surface area contributed by atoms with Crippen molar-refractivity contribution in [2.24, 2.45) is 11.8 Å². The SMILES string of the molecule is Cc1nnc(C2[C@H]3CN(C(=O)c4cc(C(C)C)[nH]n4)C[C@@H]23)n1-c1ccc(F)cc1. The molecule has 1 saturated heterocycles. The van der Waals surface area contributed by atoms with E-state index in [9.17, 15) is 9.18 Å². The fraction of sp³-hybridized carbons (Fsp3) is 0.429. The quantitative estimate of drug-likeness (QED) is 0.738. The number of nitrogens with one attached hydrogen (secondary N) is 1. The molecule has 3 atom stereocenters. The molecule has 0 spiro atoms. The maximum absolute atomic E-state index is 13.3. The van der Waals surface area contributed by atoms with Gasteiger partial charge in [0.05, 0.1) is 0 Å². The number of amides is 1. The first-order valence-electron chi connectivity index (χ1n) is 9.96. The van der Waals surface area contributed by atoms with Crippen molar-refractivity contribution in [2.45, 2.75) is 32.6 Å². The number of fused-ring (bicyclic) bond motifs is 1. The lowest BCUT2D eigenvalue weighted by Crippen LogP contribution is -2.31. The largest absolute Gasteiger partial charge is 0.337 e. The first-order chi connectivity index (χ1) is 13.9. The summed E-state index contributed by atoms with van der Waals surface area (Å²) in [5, 5.41) is 15.8. The normalized spacial score (nSPS) is 22.9. The van der Waals surface area contributed by atoms with Gasteiger partial charge < -0.3 is 4.90 Å². The number of halogens is 1. The Kier molecular flexibility index (Phi) is 4.04. The molecule has 2 fully saturated rings. The van der Waals surface area contributed by atoms with Crippen LogP contribution >= 0.6 is 0 Å². The van der Waals surface area contributed by atoms with Crippen LogP contribution in [0, 0.1) is 24.6 Å². The van der Waals surface area contributed by atoms with Crippen molar-refractivity contribution in [3.05, 3.63) is 59.2 Å². The summed E-state index contributed by atoms with van der Waals surface area (Å²) in [4.78, 5) is 14.7. The van der Waals surface area contributed by atoms with Gasteiger partial charge in [0.15, 0.2) is 0 Å². The highest BCUT2D eigenvalue weighted by Gasteiger charge is 2.59. The average Bonchev–Trinajstić information content (AvgIpc) is 3.16. The predicted molar refractivity (Wildman–Crippen MR) is 104 cm³/mol. The van der Waals surface area contributed by atoms with Gasteiger partial charge in [-0.3, -0.25) is 14.5 Å². The first kappa shape index (κ1) is 18.0. The number of nitrogens with zero attached hydrogens (tertiary/aromatic N) is 5. The number of H-pyrrole nitrogens is 1. The van der Waals surface area contributed by atoms with E-state index in [1.54, 1.807) is 12.1 Å². The summed E-state index contributed by atoms with van der Waals surface area (Å²) < 4.78 is 15.3.